The van der Waals surface area contributed by atoms with Gasteiger partial charge in [0.05, 0.1) is 11.0 Å². The number of carbonyl (C=O) groups excluding carboxylic acids is 1. The minimum Gasteiger partial charge on any atom is -0.384 e. The number of nitrogens with zero attached hydrogens (tertiary/aromatic N) is 2. The van der Waals surface area contributed by atoms with Crippen molar-refractivity contribution >= 4 is 35.2 Å². The molecule has 0 fully saturated rings. The van der Waals surface area contributed by atoms with Crippen LogP contribution in [0, 0.1) is 5.41 Å². The maximum atomic E-state index is 12.6. The Kier molecular flexibility index (Phi) is 8.44. The molecule has 3 aromatic carbocycles. The van der Waals surface area contributed by atoms with Gasteiger partial charge in [0.15, 0.2) is 0 Å². The van der Waals surface area contributed by atoms with Crippen LogP contribution in [0.25, 0.3) is 11.0 Å². The SMILES string of the molecule is Cl.Cn1c(CCc2ccc(C(=N)N)cc2)nc2cc(C(=O)NCCCc3ccccc3)ccc21. The number of carbonyl (C=O) groups is 1. The summed E-state index contributed by atoms with van der Waals surface area (Å²) in [6.07, 6.45) is 3.47. The van der Waals surface area contributed by atoms with Crippen molar-refractivity contribution in [2.75, 3.05) is 6.54 Å². The van der Waals surface area contributed by atoms with Gasteiger partial charge in [-0.2, -0.15) is 0 Å². The van der Waals surface area contributed by atoms with E-state index in [0.29, 0.717) is 12.1 Å². The second-order valence-electron chi connectivity index (χ2n) is 8.25. The Morgan fingerprint density at radius 2 is 1.62 bits per heavy atom. The predicted molar refractivity (Wildman–Crippen MR) is 140 cm³/mol. The van der Waals surface area contributed by atoms with Crippen LogP contribution < -0.4 is 11.1 Å². The van der Waals surface area contributed by atoms with Crippen molar-refractivity contribution in [2.24, 2.45) is 12.8 Å². The number of nitrogens with one attached hydrogen (secondary N) is 2. The average molecular weight is 476 g/mol. The number of hydrogen-bond donors (Lipinski definition) is 3. The average Bonchev–Trinajstić information content (AvgIpc) is 3.16. The molecule has 0 aliphatic rings. The fourth-order valence-corrected chi connectivity index (χ4v) is 3.96. The molecule has 0 atom stereocenters. The van der Waals surface area contributed by atoms with Gasteiger partial charge in [-0.05, 0) is 48.6 Å². The second-order valence-corrected chi connectivity index (χ2v) is 8.25. The molecule has 4 aromatic rings. The van der Waals surface area contributed by atoms with Crippen molar-refractivity contribution in [1.29, 1.82) is 5.41 Å². The minimum absolute atomic E-state index is 0. The number of hydrogen-bond acceptors (Lipinski definition) is 3. The molecule has 6 nitrogen and oxygen atoms in total. The molecule has 4 N–H and O–H groups in total. The summed E-state index contributed by atoms with van der Waals surface area (Å²) in [6, 6.07) is 23.7. The van der Waals surface area contributed by atoms with Crippen molar-refractivity contribution < 1.29 is 4.79 Å². The lowest BCUT2D eigenvalue weighted by Crippen LogP contribution is -2.24. The summed E-state index contributed by atoms with van der Waals surface area (Å²) in [6.45, 7) is 0.641. The van der Waals surface area contributed by atoms with E-state index in [4.69, 9.17) is 16.1 Å². The molecule has 0 saturated heterocycles. The molecule has 0 aliphatic carbocycles. The van der Waals surface area contributed by atoms with Gasteiger partial charge in [-0.15, -0.1) is 12.4 Å². The first kappa shape index (κ1) is 25.0. The van der Waals surface area contributed by atoms with Crippen LogP contribution in [0.15, 0.2) is 72.8 Å². The molecule has 0 unspecified atom stereocenters. The summed E-state index contributed by atoms with van der Waals surface area (Å²) in [5, 5.41) is 10.5. The van der Waals surface area contributed by atoms with E-state index in [-0.39, 0.29) is 24.1 Å². The molecule has 7 heteroatoms. The van der Waals surface area contributed by atoms with Crippen molar-refractivity contribution in [1.82, 2.24) is 14.9 Å². The lowest BCUT2D eigenvalue weighted by atomic mass is 10.1. The second kappa shape index (κ2) is 11.5. The number of fused-ring (bicyclic) bond motifs is 1. The van der Waals surface area contributed by atoms with Crippen LogP contribution in [-0.2, 0) is 26.3 Å². The van der Waals surface area contributed by atoms with E-state index in [9.17, 15) is 4.79 Å². The molecule has 0 saturated carbocycles. The van der Waals surface area contributed by atoms with Gasteiger partial charge in [-0.25, -0.2) is 4.98 Å². The zero-order valence-corrected chi connectivity index (χ0v) is 20.1. The Hall–Kier alpha value is -3.64. The number of halogens is 1. The molecular weight excluding hydrogens is 446 g/mol. The summed E-state index contributed by atoms with van der Waals surface area (Å²) in [5.74, 6) is 0.983. The van der Waals surface area contributed by atoms with E-state index < -0.39 is 0 Å². The normalized spacial score (nSPS) is 10.6. The molecule has 0 spiro atoms. The Labute approximate surface area is 206 Å². The van der Waals surface area contributed by atoms with Gasteiger partial charge in [0.25, 0.3) is 5.91 Å². The number of nitrogen functional groups attached to an aromatic ring is 1. The topological polar surface area (TPSA) is 96.8 Å². The highest BCUT2D eigenvalue weighted by atomic mass is 35.5. The first-order valence-electron chi connectivity index (χ1n) is 11.2. The molecule has 1 aromatic heterocycles. The molecule has 176 valence electrons. The zero-order chi connectivity index (χ0) is 23.2. The van der Waals surface area contributed by atoms with Gasteiger partial charge >= 0.3 is 0 Å². The van der Waals surface area contributed by atoms with Gasteiger partial charge in [0.1, 0.15) is 11.7 Å². The Bertz CT molecular complexity index is 1270. The summed E-state index contributed by atoms with van der Waals surface area (Å²) < 4.78 is 2.08. The Morgan fingerprint density at radius 1 is 0.941 bits per heavy atom. The Balaban J connectivity index is 0.00000324. The maximum Gasteiger partial charge on any atom is 0.251 e. The number of aromatic nitrogens is 2. The van der Waals surface area contributed by atoms with E-state index in [0.717, 1.165) is 48.1 Å². The largest absolute Gasteiger partial charge is 0.384 e. The van der Waals surface area contributed by atoms with Crippen LogP contribution >= 0.6 is 12.4 Å². The van der Waals surface area contributed by atoms with Gasteiger partial charge < -0.3 is 15.6 Å². The standard InChI is InChI=1S/C27H29N5O.ClH/c1-32-24-15-14-22(27(33)30-17-5-8-19-6-3-2-4-7-19)18-23(24)31-25(32)16-11-20-9-12-21(13-10-20)26(28)29;/h2-4,6-7,9-10,12-15,18H,5,8,11,16-17H2,1H3,(H3,28,29)(H,30,33);1H. The lowest BCUT2D eigenvalue weighted by molar-refractivity contribution is 0.0953. The summed E-state index contributed by atoms with van der Waals surface area (Å²) in [5.41, 5.74) is 11.2. The third kappa shape index (κ3) is 6.02. The van der Waals surface area contributed by atoms with Crippen LogP contribution in [0.3, 0.4) is 0 Å². The number of aryl methyl sites for hydroxylation is 4. The first-order chi connectivity index (χ1) is 16.0. The molecule has 1 amide bonds. The molecule has 0 bridgehead atoms. The predicted octanol–water partition coefficient (Wildman–Crippen LogP) is 4.43. The number of amides is 1. The van der Waals surface area contributed by atoms with E-state index in [1.165, 1.54) is 11.1 Å². The van der Waals surface area contributed by atoms with Crippen LogP contribution in [0.5, 0.6) is 0 Å². The molecule has 4 rings (SSSR count). The number of nitrogens with two attached hydrogens (primary N) is 1. The fourth-order valence-electron chi connectivity index (χ4n) is 3.96. The van der Waals surface area contributed by atoms with Crippen molar-refractivity contribution in [2.45, 2.75) is 25.7 Å². The van der Waals surface area contributed by atoms with E-state index in [1.807, 2.05) is 67.7 Å². The number of imidazole rings is 1. The van der Waals surface area contributed by atoms with Gasteiger partial charge in [0, 0.05) is 31.1 Å². The highest BCUT2D eigenvalue weighted by Gasteiger charge is 2.12. The summed E-state index contributed by atoms with van der Waals surface area (Å²) in [4.78, 5) is 17.4. The number of rotatable bonds is 9. The quantitative estimate of drug-likeness (QED) is 0.190. The highest BCUT2D eigenvalue weighted by Crippen LogP contribution is 2.18. The van der Waals surface area contributed by atoms with Crippen molar-refractivity contribution in [3.05, 3.63) is 101 Å². The zero-order valence-electron chi connectivity index (χ0n) is 19.3. The number of amidine groups is 1. The van der Waals surface area contributed by atoms with Gasteiger partial charge in [-0.1, -0.05) is 54.6 Å². The molecular formula is C27H30ClN5O. The van der Waals surface area contributed by atoms with Gasteiger partial charge in [0.2, 0.25) is 0 Å². The first-order valence-corrected chi connectivity index (χ1v) is 11.2. The van der Waals surface area contributed by atoms with Crippen LogP contribution in [0.4, 0.5) is 0 Å². The van der Waals surface area contributed by atoms with Crippen molar-refractivity contribution in [3.63, 3.8) is 0 Å². The number of benzene rings is 3. The molecule has 0 radical (unpaired) electrons. The van der Waals surface area contributed by atoms with E-state index in [2.05, 4.69) is 22.0 Å². The van der Waals surface area contributed by atoms with Crippen LogP contribution in [-0.4, -0.2) is 27.8 Å². The van der Waals surface area contributed by atoms with Crippen LogP contribution in [0.2, 0.25) is 0 Å². The fraction of sp³-hybridized carbons (Fsp3) is 0.222. The third-order valence-corrected chi connectivity index (χ3v) is 5.91. The summed E-state index contributed by atoms with van der Waals surface area (Å²) in [7, 11) is 2.01. The molecule has 0 aliphatic heterocycles. The highest BCUT2D eigenvalue weighted by molar-refractivity contribution is 5.97. The van der Waals surface area contributed by atoms with E-state index >= 15 is 0 Å². The monoisotopic (exact) mass is 475 g/mol. The third-order valence-electron chi connectivity index (χ3n) is 5.91. The van der Waals surface area contributed by atoms with E-state index in [1.54, 1.807) is 0 Å². The smallest absolute Gasteiger partial charge is 0.251 e. The lowest BCUT2D eigenvalue weighted by Gasteiger charge is -2.06. The summed E-state index contributed by atoms with van der Waals surface area (Å²) >= 11 is 0. The Morgan fingerprint density at radius 3 is 2.32 bits per heavy atom. The molecule has 1 heterocycles. The minimum atomic E-state index is -0.0669. The van der Waals surface area contributed by atoms with Crippen molar-refractivity contribution in [3.8, 4) is 0 Å². The maximum absolute atomic E-state index is 12.6. The molecule has 34 heavy (non-hydrogen) atoms. The van der Waals surface area contributed by atoms with Crippen LogP contribution in [0.1, 0.15) is 39.3 Å². The van der Waals surface area contributed by atoms with Gasteiger partial charge in [-0.3, -0.25) is 10.2 Å².